The fourth-order valence-corrected chi connectivity index (χ4v) is 3.27. The quantitative estimate of drug-likeness (QED) is 0.767. The molecule has 0 saturated carbocycles. The van der Waals surface area contributed by atoms with E-state index in [-0.39, 0.29) is 4.75 Å². The molecular weight excluding hydrogens is 378 g/mol. The lowest BCUT2D eigenvalue weighted by atomic mass is 10.1. The fraction of sp³-hybridized carbons (Fsp3) is 0.538. The Bertz CT molecular complexity index is 410. The van der Waals surface area contributed by atoms with Crippen molar-refractivity contribution in [2.75, 3.05) is 19.9 Å². The molecule has 18 heavy (non-hydrogen) atoms. The Labute approximate surface area is 131 Å². The van der Waals surface area contributed by atoms with Gasteiger partial charge in [-0.2, -0.15) is 11.8 Å². The highest BCUT2D eigenvalue weighted by molar-refractivity contribution is 9.11. The van der Waals surface area contributed by atoms with E-state index < -0.39 is 0 Å². The summed E-state index contributed by atoms with van der Waals surface area (Å²) >= 11 is 8.89. The number of methoxy groups -OCH3 is 1. The van der Waals surface area contributed by atoms with E-state index >= 15 is 0 Å². The largest absolute Gasteiger partial charge is 0.495 e. The van der Waals surface area contributed by atoms with Crippen LogP contribution in [0.2, 0.25) is 0 Å². The molecule has 0 spiro atoms. The fourth-order valence-electron chi connectivity index (χ4n) is 1.54. The maximum absolute atomic E-state index is 5.43. The number of ether oxygens (including phenoxy) is 1. The van der Waals surface area contributed by atoms with Crippen LogP contribution < -0.4 is 10.1 Å². The second kappa shape index (κ2) is 7.17. The van der Waals surface area contributed by atoms with Crippen LogP contribution in [0, 0.1) is 0 Å². The van der Waals surface area contributed by atoms with Crippen LogP contribution in [0.15, 0.2) is 21.1 Å². The van der Waals surface area contributed by atoms with Gasteiger partial charge in [0.25, 0.3) is 0 Å². The maximum Gasteiger partial charge on any atom is 0.137 e. The van der Waals surface area contributed by atoms with Crippen molar-refractivity contribution in [3.63, 3.8) is 0 Å². The number of nitrogens with one attached hydrogen (secondary N) is 1. The third-order valence-corrected chi connectivity index (χ3v) is 5.00. The van der Waals surface area contributed by atoms with E-state index in [1.807, 2.05) is 17.8 Å². The smallest absolute Gasteiger partial charge is 0.137 e. The summed E-state index contributed by atoms with van der Waals surface area (Å²) in [5, 5.41) is 3.48. The third kappa shape index (κ3) is 4.76. The molecule has 0 atom stereocenters. The van der Waals surface area contributed by atoms with Crippen LogP contribution in [0.3, 0.4) is 0 Å². The molecule has 0 fully saturated rings. The summed E-state index contributed by atoms with van der Waals surface area (Å²) in [5.74, 6) is 0.896. The van der Waals surface area contributed by atoms with Crippen molar-refractivity contribution < 1.29 is 4.74 Å². The lowest BCUT2D eigenvalue weighted by molar-refractivity contribution is 0.404. The van der Waals surface area contributed by atoms with Crippen molar-refractivity contribution in [3.05, 3.63) is 26.6 Å². The van der Waals surface area contributed by atoms with Crippen LogP contribution in [-0.2, 0) is 6.54 Å². The van der Waals surface area contributed by atoms with E-state index in [0.29, 0.717) is 0 Å². The molecule has 5 heteroatoms. The number of benzene rings is 1. The molecule has 0 radical (unpaired) electrons. The Hall–Kier alpha value is 0.290. The third-order valence-electron chi connectivity index (χ3n) is 2.71. The van der Waals surface area contributed by atoms with Gasteiger partial charge in [-0.1, -0.05) is 15.9 Å². The highest BCUT2D eigenvalue weighted by Gasteiger charge is 2.16. The van der Waals surface area contributed by atoms with E-state index in [2.05, 4.69) is 63.3 Å². The van der Waals surface area contributed by atoms with Gasteiger partial charge in [0.05, 0.1) is 11.6 Å². The number of hydrogen-bond donors (Lipinski definition) is 1. The van der Waals surface area contributed by atoms with E-state index in [9.17, 15) is 0 Å². The standard InChI is InChI=1S/C13H19Br2NOS/c1-13(2,18-4)8-16-7-9-5-10(14)6-11(15)12(9)17-3/h5-6,16H,7-8H2,1-4H3. The van der Waals surface area contributed by atoms with Crippen LogP contribution >= 0.6 is 43.6 Å². The second-order valence-electron chi connectivity index (χ2n) is 4.65. The average molecular weight is 397 g/mol. The first-order valence-corrected chi connectivity index (χ1v) is 8.48. The second-order valence-corrected chi connectivity index (χ2v) is 7.93. The first-order chi connectivity index (χ1) is 8.39. The van der Waals surface area contributed by atoms with Crippen molar-refractivity contribution in [1.29, 1.82) is 0 Å². The van der Waals surface area contributed by atoms with Crippen LogP contribution in [0.4, 0.5) is 0 Å². The van der Waals surface area contributed by atoms with Gasteiger partial charge in [-0.25, -0.2) is 0 Å². The number of rotatable bonds is 6. The molecule has 1 N–H and O–H groups in total. The molecule has 0 heterocycles. The first kappa shape index (κ1) is 16.3. The van der Waals surface area contributed by atoms with Crippen molar-refractivity contribution >= 4 is 43.6 Å². The Morgan fingerprint density at radius 2 is 2.00 bits per heavy atom. The maximum atomic E-state index is 5.43. The zero-order valence-electron chi connectivity index (χ0n) is 11.1. The minimum Gasteiger partial charge on any atom is -0.495 e. The predicted molar refractivity (Wildman–Crippen MR) is 87.7 cm³/mol. The van der Waals surface area contributed by atoms with Crippen LogP contribution in [0.5, 0.6) is 5.75 Å². The zero-order chi connectivity index (χ0) is 13.8. The molecular formula is C13H19Br2NOS. The van der Waals surface area contributed by atoms with Gasteiger partial charge in [-0.05, 0) is 48.2 Å². The van der Waals surface area contributed by atoms with E-state index in [4.69, 9.17) is 4.74 Å². The van der Waals surface area contributed by atoms with Crippen LogP contribution in [0.25, 0.3) is 0 Å². The lowest BCUT2D eigenvalue weighted by Gasteiger charge is -2.22. The number of hydrogen-bond acceptors (Lipinski definition) is 3. The molecule has 0 aliphatic heterocycles. The Balaban J connectivity index is 2.73. The van der Waals surface area contributed by atoms with Crippen LogP contribution in [0.1, 0.15) is 19.4 Å². The van der Waals surface area contributed by atoms with Gasteiger partial charge in [0.1, 0.15) is 5.75 Å². The lowest BCUT2D eigenvalue weighted by Crippen LogP contribution is -2.31. The summed E-state index contributed by atoms with van der Waals surface area (Å²) in [6.45, 7) is 6.23. The van der Waals surface area contributed by atoms with Crippen LogP contribution in [-0.4, -0.2) is 24.7 Å². The summed E-state index contributed by atoms with van der Waals surface area (Å²) in [7, 11) is 1.70. The normalized spacial score (nSPS) is 11.7. The molecule has 0 saturated heterocycles. The van der Waals surface area contributed by atoms with Crippen molar-refractivity contribution in [1.82, 2.24) is 5.32 Å². The molecule has 0 aliphatic carbocycles. The van der Waals surface area contributed by atoms with E-state index in [0.717, 1.165) is 33.3 Å². The molecule has 1 aromatic carbocycles. The molecule has 0 bridgehead atoms. The van der Waals surface area contributed by atoms with Gasteiger partial charge in [-0.3, -0.25) is 0 Å². The molecule has 0 amide bonds. The molecule has 1 aromatic rings. The Kier molecular flexibility index (Phi) is 6.51. The monoisotopic (exact) mass is 395 g/mol. The van der Waals surface area contributed by atoms with Gasteiger partial charge < -0.3 is 10.1 Å². The van der Waals surface area contributed by atoms with Crippen molar-refractivity contribution in [3.8, 4) is 5.75 Å². The van der Waals surface area contributed by atoms with Crippen molar-refractivity contribution in [2.45, 2.75) is 25.1 Å². The molecule has 0 aliphatic rings. The summed E-state index contributed by atoms with van der Waals surface area (Å²) in [6, 6.07) is 4.08. The molecule has 2 nitrogen and oxygen atoms in total. The molecule has 1 rings (SSSR count). The van der Waals surface area contributed by atoms with E-state index in [1.165, 1.54) is 0 Å². The number of thioether (sulfide) groups is 1. The highest BCUT2D eigenvalue weighted by Crippen LogP contribution is 2.32. The van der Waals surface area contributed by atoms with Gasteiger partial charge in [0.2, 0.25) is 0 Å². The van der Waals surface area contributed by atoms with E-state index in [1.54, 1.807) is 7.11 Å². The summed E-state index contributed by atoms with van der Waals surface area (Å²) in [5.41, 5.74) is 1.15. The van der Waals surface area contributed by atoms with Gasteiger partial charge in [0, 0.05) is 27.9 Å². The molecule has 0 aromatic heterocycles. The summed E-state index contributed by atoms with van der Waals surface area (Å²) in [4.78, 5) is 0. The minimum atomic E-state index is 0.247. The molecule has 102 valence electrons. The SMILES string of the molecule is COc1c(Br)cc(Br)cc1CNCC(C)(C)SC. The predicted octanol–water partition coefficient (Wildman–Crippen LogP) is 4.45. The minimum absolute atomic E-state index is 0.247. The highest BCUT2D eigenvalue weighted by atomic mass is 79.9. The topological polar surface area (TPSA) is 21.3 Å². The van der Waals surface area contributed by atoms with Gasteiger partial charge in [-0.15, -0.1) is 0 Å². The van der Waals surface area contributed by atoms with Gasteiger partial charge in [0.15, 0.2) is 0 Å². The van der Waals surface area contributed by atoms with Gasteiger partial charge >= 0.3 is 0 Å². The summed E-state index contributed by atoms with van der Waals surface area (Å²) in [6.07, 6.45) is 2.14. The van der Waals surface area contributed by atoms with Crippen molar-refractivity contribution in [2.24, 2.45) is 0 Å². The number of halogens is 2. The summed E-state index contributed by atoms with van der Waals surface area (Å²) < 4.78 is 7.70. The first-order valence-electron chi connectivity index (χ1n) is 5.67. The molecule has 0 unspecified atom stereocenters. The zero-order valence-corrected chi connectivity index (χ0v) is 15.1. The Morgan fingerprint density at radius 1 is 1.33 bits per heavy atom. The Morgan fingerprint density at radius 3 is 2.56 bits per heavy atom. The average Bonchev–Trinajstić information content (AvgIpc) is 2.28.